The van der Waals surface area contributed by atoms with E-state index < -0.39 is 0 Å². The Bertz CT molecular complexity index is 446. The first-order chi connectivity index (χ1) is 9.54. The Morgan fingerprint density at radius 1 is 1.65 bits per heavy atom. The zero-order valence-electron chi connectivity index (χ0n) is 12.5. The minimum atomic E-state index is -0.241. The minimum Gasteiger partial charge on any atom is -0.360 e. The summed E-state index contributed by atoms with van der Waals surface area (Å²) in [6.45, 7) is 9.10. The quantitative estimate of drug-likeness (QED) is 0.887. The molecule has 2 unspecified atom stereocenters. The molecule has 1 fully saturated rings. The second-order valence-electron chi connectivity index (χ2n) is 5.75. The van der Waals surface area contributed by atoms with E-state index in [1.165, 1.54) is 12.8 Å². The number of carbonyl (C=O) groups excluding carboxylic acids is 1. The maximum Gasteiger partial charge on any atom is 0.320 e. The Morgan fingerprint density at radius 3 is 3.10 bits per heavy atom. The summed E-state index contributed by atoms with van der Waals surface area (Å²) in [6.07, 6.45) is 2.55. The molecule has 1 saturated heterocycles. The SMILES string of the molecule is Cc1cc(NC(=O)NCC(C)N2CCCC(C)C2)no1. The molecule has 0 bridgehead atoms. The maximum absolute atomic E-state index is 11.8. The molecule has 6 nitrogen and oxygen atoms in total. The molecule has 2 rings (SSSR count). The second kappa shape index (κ2) is 6.74. The number of rotatable bonds is 4. The fourth-order valence-corrected chi connectivity index (χ4v) is 2.58. The van der Waals surface area contributed by atoms with Crippen LogP contribution >= 0.6 is 0 Å². The minimum absolute atomic E-state index is 0.241. The van der Waals surface area contributed by atoms with Crippen LogP contribution in [0.3, 0.4) is 0 Å². The Labute approximate surface area is 119 Å². The van der Waals surface area contributed by atoms with Gasteiger partial charge in [-0.25, -0.2) is 4.79 Å². The number of nitrogens with one attached hydrogen (secondary N) is 2. The van der Waals surface area contributed by atoms with Crippen LogP contribution in [0, 0.1) is 12.8 Å². The van der Waals surface area contributed by atoms with Gasteiger partial charge < -0.3 is 9.84 Å². The lowest BCUT2D eigenvalue weighted by Gasteiger charge is -2.35. The molecule has 0 radical (unpaired) electrons. The second-order valence-corrected chi connectivity index (χ2v) is 5.75. The van der Waals surface area contributed by atoms with E-state index in [2.05, 4.69) is 34.5 Å². The van der Waals surface area contributed by atoms with Gasteiger partial charge in [0.25, 0.3) is 0 Å². The molecule has 0 aromatic carbocycles. The molecule has 112 valence electrons. The van der Waals surface area contributed by atoms with Crippen LogP contribution in [0.25, 0.3) is 0 Å². The molecule has 2 amide bonds. The van der Waals surface area contributed by atoms with E-state index in [0.717, 1.165) is 19.0 Å². The van der Waals surface area contributed by atoms with Crippen LogP contribution in [0.1, 0.15) is 32.4 Å². The van der Waals surface area contributed by atoms with E-state index in [1.54, 1.807) is 13.0 Å². The van der Waals surface area contributed by atoms with Crippen LogP contribution in [0.4, 0.5) is 10.6 Å². The summed E-state index contributed by atoms with van der Waals surface area (Å²) in [5, 5.41) is 9.26. The topological polar surface area (TPSA) is 70.4 Å². The summed E-state index contributed by atoms with van der Waals surface area (Å²) in [6, 6.07) is 1.80. The molecule has 0 saturated carbocycles. The van der Waals surface area contributed by atoms with Crippen molar-refractivity contribution >= 4 is 11.8 Å². The molecule has 0 aliphatic carbocycles. The van der Waals surface area contributed by atoms with E-state index >= 15 is 0 Å². The van der Waals surface area contributed by atoms with Gasteiger partial charge in [-0.3, -0.25) is 10.2 Å². The van der Waals surface area contributed by atoms with Crippen LogP contribution in [-0.4, -0.2) is 41.8 Å². The van der Waals surface area contributed by atoms with E-state index in [9.17, 15) is 4.79 Å². The zero-order chi connectivity index (χ0) is 14.5. The molecule has 1 aromatic rings. The highest BCUT2D eigenvalue weighted by Crippen LogP contribution is 2.17. The summed E-state index contributed by atoms with van der Waals surface area (Å²) >= 11 is 0. The molecule has 2 heterocycles. The Kier molecular flexibility index (Phi) is 5.00. The van der Waals surface area contributed by atoms with Gasteiger partial charge in [0.2, 0.25) is 0 Å². The summed E-state index contributed by atoms with van der Waals surface area (Å²) in [4.78, 5) is 14.2. The molecular formula is C14H24N4O2. The van der Waals surface area contributed by atoms with Gasteiger partial charge in [0.1, 0.15) is 5.76 Å². The number of amides is 2. The van der Waals surface area contributed by atoms with Crippen molar-refractivity contribution < 1.29 is 9.32 Å². The van der Waals surface area contributed by atoms with Crippen molar-refractivity contribution in [2.24, 2.45) is 5.92 Å². The van der Waals surface area contributed by atoms with Crippen molar-refractivity contribution in [1.29, 1.82) is 0 Å². The predicted molar refractivity (Wildman–Crippen MR) is 77.7 cm³/mol. The third kappa shape index (κ3) is 4.23. The zero-order valence-corrected chi connectivity index (χ0v) is 12.5. The molecule has 1 aromatic heterocycles. The number of aromatic nitrogens is 1. The molecule has 0 spiro atoms. The lowest BCUT2D eigenvalue weighted by atomic mass is 9.99. The van der Waals surface area contributed by atoms with Gasteiger partial charge in [0.05, 0.1) is 0 Å². The lowest BCUT2D eigenvalue weighted by Crippen LogP contribution is -2.47. The van der Waals surface area contributed by atoms with Gasteiger partial charge in [0.15, 0.2) is 5.82 Å². The van der Waals surface area contributed by atoms with Crippen LogP contribution in [0.5, 0.6) is 0 Å². The Morgan fingerprint density at radius 2 is 2.45 bits per heavy atom. The number of carbonyl (C=O) groups is 1. The van der Waals surface area contributed by atoms with Crippen molar-refractivity contribution in [3.8, 4) is 0 Å². The van der Waals surface area contributed by atoms with Crippen LogP contribution in [0.15, 0.2) is 10.6 Å². The lowest BCUT2D eigenvalue weighted by molar-refractivity contribution is 0.138. The summed E-state index contributed by atoms with van der Waals surface area (Å²) in [5.41, 5.74) is 0. The first-order valence-corrected chi connectivity index (χ1v) is 7.27. The molecular weight excluding hydrogens is 256 g/mol. The number of likely N-dealkylation sites (tertiary alicyclic amines) is 1. The molecule has 2 N–H and O–H groups in total. The van der Waals surface area contributed by atoms with Crippen molar-refractivity contribution in [1.82, 2.24) is 15.4 Å². The van der Waals surface area contributed by atoms with Crippen molar-refractivity contribution in [3.05, 3.63) is 11.8 Å². The number of anilines is 1. The number of urea groups is 1. The highest BCUT2D eigenvalue weighted by Gasteiger charge is 2.21. The predicted octanol–water partition coefficient (Wildman–Crippen LogP) is 2.22. The van der Waals surface area contributed by atoms with Gasteiger partial charge in [-0.2, -0.15) is 0 Å². The standard InChI is InChI=1S/C14H24N4O2/c1-10-5-4-6-18(9-10)11(2)8-15-14(19)16-13-7-12(3)20-17-13/h7,10-11H,4-6,8-9H2,1-3H3,(H2,15,16,17,19). The maximum atomic E-state index is 11.8. The highest BCUT2D eigenvalue weighted by atomic mass is 16.5. The normalized spacial score (nSPS) is 21.4. The van der Waals surface area contributed by atoms with Crippen molar-refractivity contribution in [2.45, 2.75) is 39.7 Å². The van der Waals surface area contributed by atoms with Crippen LogP contribution in [0.2, 0.25) is 0 Å². The van der Waals surface area contributed by atoms with Crippen molar-refractivity contribution in [3.63, 3.8) is 0 Å². The van der Waals surface area contributed by atoms with Crippen LogP contribution < -0.4 is 10.6 Å². The molecule has 6 heteroatoms. The van der Waals surface area contributed by atoms with Crippen molar-refractivity contribution in [2.75, 3.05) is 25.0 Å². The van der Waals surface area contributed by atoms with E-state index in [4.69, 9.17) is 4.52 Å². The van der Waals surface area contributed by atoms with E-state index in [-0.39, 0.29) is 6.03 Å². The fourth-order valence-electron chi connectivity index (χ4n) is 2.58. The number of aryl methyl sites for hydroxylation is 1. The van der Waals surface area contributed by atoms with E-state index in [1.807, 2.05) is 0 Å². The number of piperidine rings is 1. The smallest absolute Gasteiger partial charge is 0.320 e. The average Bonchev–Trinajstić information content (AvgIpc) is 2.81. The highest BCUT2D eigenvalue weighted by molar-refractivity contribution is 5.88. The van der Waals surface area contributed by atoms with Gasteiger partial charge >= 0.3 is 6.03 Å². The summed E-state index contributed by atoms with van der Waals surface area (Å²) in [5.74, 6) is 1.87. The van der Waals surface area contributed by atoms with Gasteiger partial charge in [-0.15, -0.1) is 0 Å². The summed E-state index contributed by atoms with van der Waals surface area (Å²) in [7, 11) is 0. The van der Waals surface area contributed by atoms with Gasteiger partial charge in [-0.05, 0) is 39.2 Å². The molecule has 1 aliphatic heterocycles. The van der Waals surface area contributed by atoms with E-state index in [0.29, 0.717) is 24.2 Å². The first kappa shape index (κ1) is 14.8. The number of nitrogens with zero attached hydrogens (tertiary/aromatic N) is 2. The number of hydrogen-bond donors (Lipinski definition) is 2. The largest absolute Gasteiger partial charge is 0.360 e. The summed E-state index contributed by atoms with van der Waals surface area (Å²) < 4.78 is 4.90. The molecule has 2 atom stereocenters. The molecule has 1 aliphatic rings. The fraction of sp³-hybridized carbons (Fsp3) is 0.714. The first-order valence-electron chi connectivity index (χ1n) is 7.27. The van der Waals surface area contributed by atoms with Gasteiger partial charge in [0, 0.05) is 25.2 Å². The van der Waals surface area contributed by atoms with Gasteiger partial charge in [-0.1, -0.05) is 12.1 Å². The Hall–Kier alpha value is -1.56. The average molecular weight is 280 g/mol. The molecule has 20 heavy (non-hydrogen) atoms. The Balaban J connectivity index is 1.72. The third-order valence-electron chi connectivity index (χ3n) is 3.74. The number of hydrogen-bond acceptors (Lipinski definition) is 4. The van der Waals surface area contributed by atoms with Crippen LogP contribution in [-0.2, 0) is 0 Å². The monoisotopic (exact) mass is 280 g/mol. The third-order valence-corrected chi connectivity index (χ3v) is 3.74.